The van der Waals surface area contributed by atoms with Gasteiger partial charge in [-0.1, -0.05) is 0 Å². The second-order valence-electron chi connectivity index (χ2n) is 3.47. The molecule has 0 amide bonds. The quantitative estimate of drug-likeness (QED) is 0.693. The normalized spacial score (nSPS) is 13.4. The predicted molar refractivity (Wildman–Crippen MR) is 55.3 cm³/mol. The summed E-state index contributed by atoms with van der Waals surface area (Å²) in [6.07, 6.45) is 3.92. The van der Waals surface area contributed by atoms with E-state index >= 15 is 0 Å². The van der Waals surface area contributed by atoms with Crippen LogP contribution in [0, 0.1) is 0 Å². The molecule has 5 heteroatoms. The molecule has 0 spiro atoms. The fourth-order valence-electron chi connectivity index (χ4n) is 1.46. The molecule has 1 heterocycles. The standard InChI is InChI=1S/C10H18N2O3/c1-12-7-8(6-11-12)4-5-9(13)10(14-2)15-3/h6-7,9-10,13H,4-5H2,1-3H3. The number of aromatic nitrogens is 2. The van der Waals surface area contributed by atoms with Crippen LogP contribution in [0.1, 0.15) is 12.0 Å². The van der Waals surface area contributed by atoms with Crippen LogP contribution >= 0.6 is 0 Å². The van der Waals surface area contributed by atoms with E-state index in [0.717, 1.165) is 12.0 Å². The van der Waals surface area contributed by atoms with Crippen LogP contribution in [0.2, 0.25) is 0 Å². The molecule has 0 aliphatic heterocycles. The molecular formula is C10H18N2O3. The van der Waals surface area contributed by atoms with Crippen LogP contribution in [0.15, 0.2) is 12.4 Å². The van der Waals surface area contributed by atoms with Gasteiger partial charge in [0.05, 0.1) is 6.20 Å². The van der Waals surface area contributed by atoms with Crippen molar-refractivity contribution in [2.75, 3.05) is 14.2 Å². The summed E-state index contributed by atoms with van der Waals surface area (Å²) in [5.74, 6) is 0. The molecule has 1 N–H and O–H groups in total. The van der Waals surface area contributed by atoms with Gasteiger partial charge in [0.1, 0.15) is 6.10 Å². The van der Waals surface area contributed by atoms with E-state index < -0.39 is 12.4 Å². The van der Waals surface area contributed by atoms with E-state index in [9.17, 15) is 5.11 Å². The van der Waals surface area contributed by atoms with Gasteiger partial charge >= 0.3 is 0 Å². The lowest BCUT2D eigenvalue weighted by Gasteiger charge is -2.19. The maximum Gasteiger partial charge on any atom is 0.182 e. The summed E-state index contributed by atoms with van der Waals surface area (Å²) in [5, 5.41) is 13.8. The predicted octanol–water partition coefficient (Wildman–Crippen LogP) is 0.332. The number of ether oxygens (including phenoxy) is 2. The van der Waals surface area contributed by atoms with Crippen LogP contribution in [0.4, 0.5) is 0 Å². The summed E-state index contributed by atoms with van der Waals surface area (Å²) in [5.41, 5.74) is 1.10. The summed E-state index contributed by atoms with van der Waals surface area (Å²) >= 11 is 0. The molecule has 1 aromatic heterocycles. The molecule has 0 aromatic carbocycles. The highest BCUT2D eigenvalue weighted by Gasteiger charge is 2.17. The fourth-order valence-corrected chi connectivity index (χ4v) is 1.46. The van der Waals surface area contributed by atoms with Crippen molar-refractivity contribution in [1.82, 2.24) is 9.78 Å². The summed E-state index contributed by atoms with van der Waals surface area (Å²) in [6.45, 7) is 0. The first-order valence-electron chi connectivity index (χ1n) is 4.88. The maximum atomic E-state index is 9.70. The average Bonchev–Trinajstić information content (AvgIpc) is 2.63. The van der Waals surface area contributed by atoms with E-state index in [4.69, 9.17) is 9.47 Å². The lowest BCUT2D eigenvalue weighted by molar-refractivity contribution is -0.165. The first-order valence-corrected chi connectivity index (χ1v) is 4.88. The van der Waals surface area contributed by atoms with Gasteiger partial charge in [-0.25, -0.2) is 0 Å². The second kappa shape index (κ2) is 5.85. The Morgan fingerprint density at radius 3 is 2.60 bits per heavy atom. The number of methoxy groups -OCH3 is 2. The highest BCUT2D eigenvalue weighted by Crippen LogP contribution is 2.08. The lowest BCUT2D eigenvalue weighted by Crippen LogP contribution is -2.30. The van der Waals surface area contributed by atoms with Crippen LogP contribution < -0.4 is 0 Å². The van der Waals surface area contributed by atoms with Crippen LogP contribution in [0.25, 0.3) is 0 Å². The van der Waals surface area contributed by atoms with Gasteiger partial charge in [-0.2, -0.15) is 5.10 Å². The third-order valence-corrected chi connectivity index (χ3v) is 2.27. The zero-order valence-corrected chi connectivity index (χ0v) is 9.38. The Bertz CT molecular complexity index is 284. The highest BCUT2D eigenvalue weighted by atomic mass is 16.7. The first kappa shape index (κ1) is 12.2. The summed E-state index contributed by atoms with van der Waals surface area (Å²) in [6, 6.07) is 0. The van der Waals surface area contributed by atoms with Gasteiger partial charge < -0.3 is 14.6 Å². The Hall–Kier alpha value is -0.910. The minimum Gasteiger partial charge on any atom is -0.388 e. The molecule has 5 nitrogen and oxygen atoms in total. The van der Waals surface area contributed by atoms with Gasteiger partial charge in [-0.3, -0.25) is 4.68 Å². The SMILES string of the molecule is COC(OC)C(O)CCc1cnn(C)c1. The summed E-state index contributed by atoms with van der Waals surface area (Å²) in [7, 11) is 4.90. The number of hydrogen-bond acceptors (Lipinski definition) is 4. The van der Waals surface area contributed by atoms with Crippen molar-refractivity contribution in [3.05, 3.63) is 18.0 Å². The monoisotopic (exact) mass is 214 g/mol. The molecule has 1 unspecified atom stereocenters. The largest absolute Gasteiger partial charge is 0.388 e. The van der Waals surface area contributed by atoms with Crippen LogP contribution in [0.3, 0.4) is 0 Å². The van der Waals surface area contributed by atoms with Gasteiger partial charge in [0.25, 0.3) is 0 Å². The van der Waals surface area contributed by atoms with Crippen molar-refractivity contribution < 1.29 is 14.6 Å². The first-order chi connectivity index (χ1) is 7.17. The molecule has 1 atom stereocenters. The summed E-state index contributed by atoms with van der Waals surface area (Å²) in [4.78, 5) is 0. The lowest BCUT2D eigenvalue weighted by atomic mass is 10.1. The van der Waals surface area contributed by atoms with E-state index in [1.54, 1.807) is 10.9 Å². The molecule has 1 rings (SSSR count). The van der Waals surface area contributed by atoms with Crippen LogP contribution in [0.5, 0.6) is 0 Å². The van der Waals surface area contributed by atoms with Gasteiger partial charge in [0, 0.05) is 27.5 Å². The maximum absolute atomic E-state index is 9.70. The minimum absolute atomic E-state index is 0.554. The van der Waals surface area contributed by atoms with Gasteiger partial charge in [0.2, 0.25) is 0 Å². The number of hydrogen-bond donors (Lipinski definition) is 1. The Morgan fingerprint density at radius 1 is 1.47 bits per heavy atom. The van der Waals surface area contributed by atoms with Gasteiger partial charge in [-0.05, 0) is 18.4 Å². The second-order valence-corrected chi connectivity index (χ2v) is 3.47. The third-order valence-electron chi connectivity index (χ3n) is 2.27. The molecule has 0 aliphatic rings. The number of aliphatic hydroxyl groups excluding tert-OH is 1. The Labute approximate surface area is 89.6 Å². The number of nitrogens with zero attached hydrogens (tertiary/aromatic N) is 2. The summed E-state index contributed by atoms with van der Waals surface area (Å²) < 4.78 is 11.7. The Kier molecular flexibility index (Phi) is 4.74. The smallest absolute Gasteiger partial charge is 0.182 e. The Morgan fingerprint density at radius 2 is 2.13 bits per heavy atom. The molecule has 86 valence electrons. The van der Waals surface area contributed by atoms with Gasteiger partial charge in [0.15, 0.2) is 6.29 Å². The number of aliphatic hydroxyl groups is 1. The molecule has 0 fully saturated rings. The van der Waals surface area contributed by atoms with Crippen molar-refractivity contribution >= 4 is 0 Å². The zero-order valence-electron chi connectivity index (χ0n) is 9.38. The van der Waals surface area contributed by atoms with E-state index in [1.807, 2.05) is 13.2 Å². The fraction of sp³-hybridized carbons (Fsp3) is 0.700. The molecule has 0 saturated carbocycles. The molecule has 0 radical (unpaired) electrons. The van der Waals surface area contributed by atoms with E-state index in [2.05, 4.69) is 5.10 Å². The molecule has 15 heavy (non-hydrogen) atoms. The molecule has 0 aliphatic carbocycles. The average molecular weight is 214 g/mol. The topological polar surface area (TPSA) is 56.5 Å². The zero-order chi connectivity index (χ0) is 11.3. The van der Waals surface area contributed by atoms with Crippen molar-refractivity contribution in [3.8, 4) is 0 Å². The Balaban J connectivity index is 2.36. The van der Waals surface area contributed by atoms with Crippen molar-refractivity contribution in [2.24, 2.45) is 7.05 Å². The van der Waals surface area contributed by atoms with E-state index in [-0.39, 0.29) is 0 Å². The van der Waals surface area contributed by atoms with Crippen LogP contribution in [-0.4, -0.2) is 41.5 Å². The third kappa shape index (κ3) is 3.62. The van der Waals surface area contributed by atoms with Crippen LogP contribution in [-0.2, 0) is 22.9 Å². The molecule has 0 saturated heterocycles. The molecular weight excluding hydrogens is 196 g/mol. The van der Waals surface area contributed by atoms with Gasteiger partial charge in [-0.15, -0.1) is 0 Å². The molecule has 0 bridgehead atoms. The van der Waals surface area contributed by atoms with Crippen molar-refractivity contribution in [2.45, 2.75) is 25.2 Å². The van der Waals surface area contributed by atoms with Crippen molar-refractivity contribution in [1.29, 1.82) is 0 Å². The minimum atomic E-state index is -0.611. The van der Waals surface area contributed by atoms with E-state index in [0.29, 0.717) is 6.42 Å². The number of rotatable bonds is 6. The van der Waals surface area contributed by atoms with E-state index in [1.165, 1.54) is 14.2 Å². The molecule has 1 aromatic rings. The number of aryl methyl sites for hydroxylation is 2. The van der Waals surface area contributed by atoms with Crippen molar-refractivity contribution in [3.63, 3.8) is 0 Å². The highest BCUT2D eigenvalue weighted by molar-refractivity contribution is 5.03.